The van der Waals surface area contributed by atoms with Crippen molar-refractivity contribution >= 4 is 40.7 Å². The molecule has 0 unspecified atom stereocenters. The van der Waals surface area contributed by atoms with Gasteiger partial charge in [-0.15, -0.1) is 0 Å². The zero-order chi connectivity index (χ0) is 23.0. The van der Waals surface area contributed by atoms with E-state index < -0.39 is 0 Å². The molecular weight excluding hydrogens is 396 g/mol. The molecule has 0 saturated carbocycles. The predicted octanol–water partition coefficient (Wildman–Crippen LogP) is 2.05. The molecule has 0 atom stereocenters. The molecule has 0 bridgehead atoms. The maximum Gasteiger partial charge on any atom is 0.323 e. The highest BCUT2D eigenvalue weighted by atomic mass is 16.2. The van der Waals surface area contributed by atoms with E-state index in [1.165, 1.54) is 0 Å². The number of hydrogen-bond acceptors (Lipinski definition) is 5. The van der Waals surface area contributed by atoms with Crippen LogP contribution < -0.4 is 33.0 Å². The van der Waals surface area contributed by atoms with E-state index in [0.717, 1.165) is 16.7 Å². The molecule has 10 N–H and O–H groups in total. The lowest BCUT2D eigenvalue weighted by atomic mass is 10.0. The Kier molecular flexibility index (Phi) is 7.67. The summed E-state index contributed by atoms with van der Waals surface area (Å²) in [6, 6.07) is 12.1. The summed E-state index contributed by atoms with van der Waals surface area (Å²) in [7, 11) is 0. The van der Waals surface area contributed by atoms with Gasteiger partial charge in [-0.25, -0.2) is 15.6 Å². The number of urea groups is 1. The number of hydrazone groups is 2. The van der Waals surface area contributed by atoms with Gasteiger partial charge in [0.2, 0.25) is 11.9 Å². The van der Waals surface area contributed by atoms with Crippen LogP contribution in [0.15, 0.2) is 52.7 Å². The number of carbonyl (C=O) groups excluding carboxylic acids is 1. The van der Waals surface area contributed by atoms with Crippen LogP contribution in [0, 0.1) is 17.7 Å². The maximum atomic E-state index is 12.3. The van der Waals surface area contributed by atoms with E-state index in [9.17, 15) is 4.79 Å². The van der Waals surface area contributed by atoms with E-state index >= 15 is 0 Å². The Balaban J connectivity index is 2.00. The molecule has 0 aliphatic heterocycles. The number of amides is 2. The van der Waals surface area contributed by atoms with E-state index in [2.05, 4.69) is 31.7 Å². The molecule has 2 rings (SSSR count). The number of carbonyl (C=O) groups is 1. The molecule has 2 aromatic carbocycles. The van der Waals surface area contributed by atoms with Crippen LogP contribution in [0.2, 0.25) is 0 Å². The molecule has 0 fully saturated rings. The molecule has 0 saturated heterocycles. The summed E-state index contributed by atoms with van der Waals surface area (Å²) in [6.07, 6.45) is 0. The van der Waals surface area contributed by atoms with Crippen molar-refractivity contribution in [1.82, 2.24) is 10.9 Å². The number of hydrogen-bond donors (Lipinski definition) is 8. The summed E-state index contributed by atoms with van der Waals surface area (Å²) in [5, 5.41) is 27.8. The second-order valence-electron chi connectivity index (χ2n) is 6.63. The first-order valence-electron chi connectivity index (χ1n) is 9.24. The summed E-state index contributed by atoms with van der Waals surface area (Å²) in [5.41, 5.74) is 20.4. The van der Waals surface area contributed by atoms with Crippen molar-refractivity contribution in [1.29, 1.82) is 10.8 Å². The minimum Gasteiger partial charge on any atom is -0.369 e. The van der Waals surface area contributed by atoms with Crippen molar-refractivity contribution < 1.29 is 4.79 Å². The Bertz CT molecular complexity index is 1040. The number of nitrogens with one attached hydrogen (secondary N) is 6. The molecule has 0 aromatic heterocycles. The van der Waals surface area contributed by atoms with Gasteiger partial charge in [-0.2, -0.15) is 10.2 Å². The Morgan fingerprint density at radius 1 is 0.839 bits per heavy atom. The molecule has 0 heterocycles. The zero-order valence-electron chi connectivity index (χ0n) is 17.5. The molecule has 11 heteroatoms. The summed E-state index contributed by atoms with van der Waals surface area (Å²) in [6.45, 7) is 5.47. The van der Waals surface area contributed by atoms with E-state index in [4.69, 9.17) is 22.3 Å². The lowest BCUT2D eigenvalue weighted by Gasteiger charge is -2.11. The van der Waals surface area contributed by atoms with E-state index in [0.29, 0.717) is 22.8 Å². The van der Waals surface area contributed by atoms with Gasteiger partial charge in [0.15, 0.2) is 0 Å². The van der Waals surface area contributed by atoms with Crippen LogP contribution in [0.1, 0.15) is 30.5 Å². The van der Waals surface area contributed by atoms with Crippen molar-refractivity contribution in [2.45, 2.75) is 20.8 Å². The third-order valence-corrected chi connectivity index (χ3v) is 4.12. The molecule has 2 aromatic rings. The number of benzene rings is 2. The van der Waals surface area contributed by atoms with Crippen LogP contribution in [-0.2, 0) is 0 Å². The SMILES string of the molecule is C/C(=N\NC(=N)N)c1ccc(NC(=O)Nc2ccc(/C(C)=N/NC(=N)N)c(C)c2)cc1. The fraction of sp³-hybridized carbons (Fsp3) is 0.150. The molecule has 0 radical (unpaired) electrons. The number of guanidine groups is 2. The Morgan fingerprint density at radius 3 is 1.90 bits per heavy atom. The van der Waals surface area contributed by atoms with Crippen LogP contribution >= 0.6 is 0 Å². The molecular formula is C20H26N10O. The number of rotatable bonds is 6. The van der Waals surface area contributed by atoms with Gasteiger partial charge in [-0.1, -0.05) is 18.2 Å². The zero-order valence-corrected chi connectivity index (χ0v) is 17.5. The third-order valence-electron chi connectivity index (χ3n) is 4.12. The first-order chi connectivity index (χ1) is 14.7. The lowest BCUT2D eigenvalue weighted by Crippen LogP contribution is -2.26. The van der Waals surface area contributed by atoms with E-state index in [1.807, 2.05) is 19.1 Å². The van der Waals surface area contributed by atoms with Crippen molar-refractivity contribution in [3.8, 4) is 0 Å². The van der Waals surface area contributed by atoms with Gasteiger partial charge < -0.3 is 22.1 Å². The van der Waals surface area contributed by atoms with E-state index in [-0.39, 0.29) is 18.0 Å². The molecule has 2 amide bonds. The fourth-order valence-corrected chi connectivity index (χ4v) is 2.65. The number of nitrogens with two attached hydrogens (primary N) is 2. The van der Waals surface area contributed by atoms with Gasteiger partial charge in [0.1, 0.15) is 0 Å². The molecule has 162 valence electrons. The molecule has 31 heavy (non-hydrogen) atoms. The normalized spacial score (nSPS) is 11.5. The van der Waals surface area contributed by atoms with Crippen LogP contribution in [-0.4, -0.2) is 29.4 Å². The highest BCUT2D eigenvalue weighted by Crippen LogP contribution is 2.17. The van der Waals surface area contributed by atoms with Crippen molar-refractivity contribution in [2.24, 2.45) is 21.7 Å². The molecule has 0 aliphatic carbocycles. The Morgan fingerprint density at radius 2 is 1.35 bits per heavy atom. The van der Waals surface area contributed by atoms with Crippen LogP contribution in [0.25, 0.3) is 0 Å². The van der Waals surface area contributed by atoms with Crippen molar-refractivity contribution in [3.63, 3.8) is 0 Å². The first kappa shape index (κ1) is 22.9. The Hall–Kier alpha value is -4.41. The second kappa shape index (κ2) is 10.4. The van der Waals surface area contributed by atoms with Crippen LogP contribution in [0.4, 0.5) is 16.2 Å². The Labute approximate surface area is 180 Å². The molecule has 11 nitrogen and oxygen atoms in total. The largest absolute Gasteiger partial charge is 0.369 e. The predicted molar refractivity (Wildman–Crippen MR) is 125 cm³/mol. The smallest absolute Gasteiger partial charge is 0.323 e. The first-order valence-corrected chi connectivity index (χ1v) is 9.24. The second-order valence-corrected chi connectivity index (χ2v) is 6.63. The van der Waals surface area contributed by atoms with Crippen LogP contribution in [0.5, 0.6) is 0 Å². The number of nitrogens with zero attached hydrogens (tertiary/aromatic N) is 2. The lowest BCUT2D eigenvalue weighted by molar-refractivity contribution is 0.262. The topological polar surface area (TPSA) is 190 Å². The standard InChI is InChI=1S/C20H26N10O/c1-11-10-16(8-9-17(11)13(3)28-30-19(23)24)26-20(31)25-15-6-4-14(5-7-15)12(2)27-29-18(21)22/h4-10H,1-3H3,(H4,21,22,29)(H4,23,24,30)(H2,25,26,31)/b27-12+,28-13+. The fourth-order valence-electron chi connectivity index (χ4n) is 2.65. The summed E-state index contributed by atoms with van der Waals surface area (Å²) in [5.74, 6) is -0.483. The van der Waals surface area contributed by atoms with Gasteiger partial charge in [0, 0.05) is 16.9 Å². The average Bonchev–Trinajstić information content (AvgIpc) is 2.70. The van der Waals surface area contributed by atoms with Crippen molar-refractivity contribution in [3.05, 3.63) is 59.2 Å². The molecule has 0 spiro atoms. The summed E-state index contributed by atoms with van der Waals surface area (Å²) in [4.78, 5) is 12.3. The van der Waals surface area contributed by atoms with Gasteiger partial charge in [0.25, 0.3) is 0 Å². The van der Waals surface area contributed by atoms with Crippen molar-refractivity contribution in [2.75, 3.05) is 10.6 Å². The van der Waals surface area contributed by atoms with Gasteiger partial charge in [-0.3, -0.25) is 10.8 Å². The number of aryl methyl sites for hydroxylation is 1. The summed E-state index contributed by atoms with van der Waals surface area (Å²) < 4.78 is 0. The average molecular weight is 422 g/mol. The van der Waals surface area contributed by atoms with Gasteiger partial charge >= 0.3 is 6.03 Å². The van der Waals surface area contributed by atoms with E-state index in [1.54, 1.807) is 44.2 Å². The third kappa shape index (κ3) is 7.16. The quantitative estimate of drug-likeness (QED) is 0.200. The number of anilines is 2. The monoisotopic (exact) mass is 422 g/mol. The molecule has 0 aliphatic rings. The van der Waals surface area contributed by atoms with Gasteiger partial charge in [-0.05, 0) is 56.2 Å². The van der Waals surface area contributed by atoms with Crippen LogP contribution in [0.3, 0.4) is 0 Å². The minimum atomic E-state index is -0.382. The highest BCUT2D eigenvalue weighted by molar-refractivity contribution is 6.03. The highest BCUT2D eigenvalue weighted by Gasteiger charge is 2.07. The minimum absolute atomic E-state index is 0.241. The summed E-state index contributed by atoms with van der Waals surface area (Å²) >= 11 is 0. The van der Waals surface area contributed by atoms with Gasteiger partial charge in [0.05, 0.1) is 11.4 Å². The maximum absolute atomic E-state index is 12.3.